The van der Waals surface area contributed by atoms with E-state index >= 15 is 0 Å². The van der Waals surface area contributed by atoms with Gasteiger partial charge in [-0.05, 0) is 49.9 Å². The molecule has 1 fully saturated rings. The number of aryl methyl sites for hydroxylation is 1. The molecule has 148 valence electrons. The number of likely N-dealkylation sites (tertiary alicyclic amines) is 1. The van der Waals surface area contributed by atoms with Gasteiger partial charge in [0.15, 0.2) is 6.61 Å². The van der Waals surface area contributed by atoms with Gasteiger partial charge >= 0.3 is 6.09 Å². The van der Waals surface area contributed by atoms with Crippen molar-refractivity contribution in [2.24, 2.45) is 5.92 Å². The number of hydrogen-bond donors (Lipinski definition) is 1. The summed E-state index contributed by atoms with van der Waals surface area (Å²) >= 11 is 0. The minimum absolute atomic E-state index is 0.00527. The second-order valence-corrected chi connectivity index (χ2v) is 7.02. The van der Waals surface area contributed by atoms with Crippen LogP contribution in [0.25, 0.3) is 0 Å². The number of benzene rings is 2. The number of nitrogens with one attached hydrogen (secondary N) is 1. The molecule has 0 aromatic heterocycles. The number of ether oxygens (including phenoxy) is 2. The molecular formula is C22H26N2O4. The third-order valence-electron chi connectivity index (χ3n) is 4.80. The van der Waals surface area contributed by atoms with Crippen LogP contribution in [-0.4, -0.2) is 43.1 Å². The standard InChI is InChI=1S/C22H26N2O4/c1-17-7-9-19(10-8-17)27-16-21(25)23-15-18-11-13-24(14-12-18)22(26)28-20-5-3-2-4-6-20/h2-10,18H,11-16H2,1H3,(H,23,25). The van der Waals surface area contributed by atoms with E-state index in [0.717, 1.165) is 18.4 Å². The number of carbonyl (C=O) groups excluding carboxylic acids is 2. The molecule has 3 rings (SSSR count). The summed E-state index contributed by atoms with van der Waals surface area (Å²) in [7, 11) is 0. The van der Waals surface area contributed by atoms with Gasteiger partial charge in [-0.3, -0.25) is 4.79 Å². The Morgan fingerprint density at radius 2 is 1.68 bits per heavy atom. The Bertz CT molecular complexity index is 769. The maximum atomic E-state index is 12.2. The van der Waals surface area contributed by atoms with E-state index in [1.54, 1.807) is 17.0 Å². The molecule has 6 heteroatoms. The molecule has 1 aliphatic heterocycles. The third kappa shape index (κ3) is 6.01. The zero-order chi connectivity index (χ0) is 19.8. The molecule has 0 bridgehead atoms. The third-order valence-corrected chi connectivity index (χ3v) is 4.80. The van der Waals surface area contributed by atoms with E-state index < -0.39 is 0 Å². The minimum atomic E-state index is -0.319. The summed E-state index contributed by atoms with van der Waals surface area (Å²) in [6, 6.07) is 16.7. The zero-order valence-corrected chi connectivity index (χ0v) is 16.1. The van der Waals surface area contributed by atoms with Crippen molar-refractivity contribution in [1.82, 2.24) is 10.2 Å². The van der Waals surface area contributed by atoms with Crippen molar-refractivity contribution in [2.75, 3.05) is 26.2 Å². The molecule has 2 aromatic rings. The van der Waals surface area contributed by atoms with Crippen molar-refractivity contribution >= 4 is 12.0 Å². The molecule has 1 N–H and O–H groups in total. The van der Waals surface area contributed by atoms with Gasteiger partial charge in [-0.25, -0.2) is 4.79 Å². The number of para-hydroxylation sites is 1. The second-order valence-electron chi connectivity index (χ2n) is 7.02. The van der Waals surface area contributed by atoms with Crippen molar-refractivity contribution in [2.45, 2.75) is 19.8 Å². The van der Waals surface area contributed by atoms with Crippen molar-refractivity contribution in [3.63, 3.8) is 0 Å². The van der Waals surface area contributed by atoms with Crippen molar-refractivity contribution in [3.8, 4) is 11.5 Å². The highest BCUT2D eigenvalue weighted by atomic mass is 16.6. The van der Waals surface area contributed by atoms with Crippen LogP contribution in [0.1, 0.15) is 18.4 Å². The highest BCUT2D eigenvalue weighted by Gasteiger charge is 2.24. The first-order valence-corrected chi connectivity index (χ1v) is 9.58. The highest BCUT2D eigenvalue weighted by Crippen LogP contribution is 2.18. The topological polar surface area (TPSA) is 67.9 Å². The van der Waals surface area contributed by atoms with Crippen molar-refractivity contribution in [3.05, 3.63) is 60.2 Å². The Balaban J connectivity index is 1.33. The molecular weight excluding hydrogens is 356 g/mol. The predicted octanol–water partition coefficient (Wildman–Crippen LogP) is 3.40. The summed E-state index contributed by atoms with van der Waals surface area (Å²) in [5.41, 5.74) is 1.15. The molecule has 0 aliphatic carbocycles. The molecule has 0 radical (unpaired) electrons. The largest absolute Gasteiger partial charge is 0.484 e. The lowest BCUT2D eigenvalue weighted by Crippen LogP contribution is -2.43. The quantitative estimate of drug-likeness (QED) is 0.831. The average molecular weight is 382 g/mol. The molecule has 2 aromatic carbocycles. The van der Waals surface area contributed by atoms with Crippen molar-refractivity contribution in [1.29, 1.82) is 0 Å². The number of rotatable bonds is 6. The lowest BCUT2D eigenvalue weighted by Gasteiger charge is -2.31. The van der Waals surface area contributed by atoms with Crippen LogP contribution in [0.5, 0.6) is 11.5 Å². The molecule has 0 unspecified atom stereocenters. The molecule has 6 nitrogen and oxygen atoms in total. The summed E-state index contributed by atoms with van der Waals surface area (Å²) in [5.74, 6) is 1.46. The van der Waals surface area contributed by atoms with Gasteiger partial charge in [-0.1, -0.05) is 35.9 Å². The lowest BCUT2D eigenvalue weighted by atomic mass is 9.97. The number of nitrogens with zero attached hydrogens (tertiary/aromatic N) is 1. The van der Waals surface area contributed by atoms with E-state index in [2.05, 4.69) is 5.32 Å². The Morgan fingerprint density at radius 1 is 1.00 bits per heavy atom. The van der Waals surface area contributed by atoms with Crippen LogP contribution in [0.15, 0.2) is 54.6 Å². The summed E-state index contributed by atoms with van der Waals surface area (Å²) in [5, 5.41) is 2.92. The van der Waals surface area contributed by atoms with E-state index in [4.69, 9.17) is 9.47 Å². The number of amides is 2. The molecule has 1 aliphatic rings. The van der Waals surface area contributed by atoms with Gasteiger partial charge in [0, 0.05) is 19.6 Å². The number of carbonyl (C=O) groups is 2. The molecule has 0 spiro atoms. The predicted molar refractivity (Wildman–Crippen MR) is 106 cm³/mol. The SMILES string of the molecule is Cc1ccc(OCC(=O)NCC2CCN(C(=O)Oc3ccccc3)CC2)cc1. The van der Waals surface area contributed by atoms with Gasteiger partial charge in [-0.2, -0.15) is 0 Å². The fraction of sp³-hybridized carbons (Fsp3) is 0.364. The van der Waals surface area contributed by atoms with E-state index in [1.807, 2.05) is 49.4 Å². The van der Waals surface area contributed by atoms with E-state index in [9.17, 15) is 9.59 Å². The fourth-order valence-electron chi connectivity index (χ4n) is 3.07. The van der Waals surface area contributed by atoms with Crippen LogP contribution in [0.4, 0.5) is 4.79 Å². The molecule has 1 heterocycles. The number of piperidine rings is 1. The summed E-state index contributed by atoms with van der Waals surface area (Å²) in [4.78, 5) is 25.9. The van der Waals surface area contributed by atoms with Crippen LogP contribution in [0, 0.1) is 12.8 Å². The van der Waals surface area contributed by atoms with E-state index in [1.165, 1.54) is 0 Å². The second kappa shape index (κ2) is 9.78. The van der Waals surface area contributed by atoms with Gasteiger partial charge < -0.3 is 19.7 Å². The van der Waals surface area contributed by atoms with Crippen LogP contribution in [0.2, 0.25) is 0 Å². The molecule has 1 saturated heterocycles. The van der Waals surface area contributed by atoms with Gasteiger partial charge in [0.25, 0.3) is 5.91 Å². The monoisotopic (exact) mass is 382 g/mol. The zero-order valence-electron chi connectivity index (χ0n) is 16.1. The Kier molecular flexibility index (Phi) is 6.89. The smallest absolute Gasteiger partial charge is 0.415 e. The number of hydrogen-bond acceptors (Lipinski definition) is 4. The normalized spacial score (nSPS) is 14.4. The van der Waals surface area contributed by atoms with Gasteiger partial charge in [-0.15, -0.1) is 0 Å². The van der Waals surface area contributed by atoms with Gasteiger partial charge in [0.1, 0.15) is 11.5 Å². The Morgan fingerprint density at radius 3 is 2.36 bits per heavy atom. The average Bonchev–Trinajstić information content (AvgIpc) is 2.73. The van der Waals surface area contributed by atoms with Crippen LogP contribution >= 0.6 is 0 Å². The van der Waals surface area contributed by atoms with Crippen LogP contribution in [0.3, 0.4) is 0 Å². The highest BCUT2D eigenvalue weighted by molar-refractivity contribution is 5.77. The lowest BCUT2D eigenvalue weighted by molar-refractivity contribution is -0.123. The minimum Gasteiger partial charge on any atom is -0.484 e. The fourth-order valence-corrected chi connectivity index (χ4v) is 3.07. The van der Waals surface area contributed by atoms with Gasteiger partial charge in [0.05, 0.1) is 0 Å². The first kappa shape index (κ1) is 19.7. The summed E-state index contributed by atoms with van der Waals surface area (Å²) in [6.07, 6.45) is 1.35. The Labute approximate surface area is 165 Å². The summed E-state index contributed by atoms with van der Waals surface area (Å²) < 4.78 is 10.9. The first-order valence-electron chi connectivity index (χ1n) is 9.58. The van der Waals surface area contributed by atoms with Gasteiger partial charge in [0.2, 0.25) is 0 Å². The van der Waals surface area contributed by atoms with E-state index in [-0.39, 0.29) is 18.6 Å². The maximum Gasteiger partial charge on any atom is 0.415 e. The van der Waals surface area contributed by atoms with E-state index in [0.29, 0.717) is 37.1 Å². The molecule has 2 amide bonds. The first-order chi connectivity index (χ1) is 13.6. The van der Waals surface area contributed by atoms with Crippen molar-refractivity contribution < 1.29 is 19.1 Å². The molecule has 0 atom stereocenters. The Hall–Kier alpha value is -3.02. The maximum absolute atomic E-state index is 12.2. The van der Waals surface area contributed by atoms with Crippen LogP contribution in [-0.2, 0) is 4.79 Å². The summed E-state index contributed by atoms with van der Waals surface area (Å²) in [6.45, 7) is 3.87. The molecule has 28 heavy (non-hydrogen) atoms. The molecule has 0 saturated carbocycles. The van der Waals surface area contributed by atoms with Crippen LogP contribution < -0.4 is 14.8 Å².